The molecule has 22 heavy (non-hydrogen) atoms. The Labute approximate surface area is 125 Å². The smallest absolute Gasteiger partial charge is 0.163 e. The lowest BCUT2D eigenvalue weighted by Gasteiger charge is -2.05. The third-order valence-corrected chi connectivity index (χ3v) is 3.25. The van der Waals surface area contributed by atoms with Crippen LogP contribution in [0.1, 0.15) is 16.8 Å². The van der Waals surface area contributed by atoms with Crippen LogP contribution in [0.4, 0.5) is 8.78 Å². The van der Waals surface area contributed by atoms with Gasteiger partial charge in [-0.3, -0.25) is 0 Å². The van der Waals surface area contributed by atoms with Crippen molar-refractivity contribution in [3.8, 4) is 17.3 Å². The van der Waals surface area contributed by atoms with Gasteiger partial charge in [-0.05, 0) is 35.7 Å². The Bertz CT molecular complexity index is 865. The molecule has 0 atom stereocenters. The van der Waals surface area contributed by atoms with Crippen LogP contribution in [0, 0.1) is 23.0 Å². The number of nitrogens with one attached hydrogen (secondary N) is 1. The second-order valence-corrected chi connectivity index (χ2v) is 4.77. The van der Waals surface area contributed by atoms with E-state index in [1.54, 1.807) is 6.07 Å². The Morgan fingerprint density at radius 3 is 2.64 bits per heavy atom. The topological polar surface area (TPSA) is 65.4 Å². The molecule has 6 heteroatoms. The maximum Gasteiger partial charge on any atom is 0.163 e. The second-order valence-electron chi connectivity index (χ2n) is 4.77. The number of hydrogen-bond donors (Lipinski definition) is 1. The van der Waals surface area contributed by atoms with Gasteiger partial charge in [0.15, 0.2) is 17.3 Å². The van der Waals surface area contributed by atoms with E-state index in [2.05, 4.69) is 15.4 Å². The minimum absolute atomic E-state index is 0.282. The van der Waals surface area contributed by atoms with Crippen molar-refractivity contribution in [1.82, 2.24) is 15.4 Å². The second kappa shape index (κ2) is 5.74. The van der Waals surface area contributed by atoms with Crippen LogP contribution < -0.4 is 0 Å². The van der Waals surface area contributed by atoms with Gasteiger partial charge in [0.05, 0.1) is 0 Å². The monoisotopic (exact) mass is 296 g/mol. The minimum Gasteiger partial charge on any atom is -0.247 e. The number of halogens is 2. The summed E-state index contributed by atoms with van der Waals surface area (Å²) in [7, 11) is 0. The number of aromatic nitrogens is 3. The normalized spacial score (nSPS) is 10.4. The van der Waals surface area contributed by atoms with Gasteiger partial charge < -0.3 is 0 Å². The van der Waals surface area contributed by atoms with Crippen LogP contribution in [0.2, 0.25) is 0 Å². The number of rotatable bonds is 3. The summed E-state index contributed by atoms with van der Waals surface area (Å²) in [5, 5.41) is 19.0. The van der Waals surface area contributed by atoms with Gasteiger partial charge in [-0.2, -0.15) is 5.26 Å². The maximum absolute atomic E-state index is 13.2. The number of benzene rings is 2. The molecule has 3 aromatic rings. The summed E-state index contributed by atoms with van der Waals surface area (Å²) in [6.45, 7) is 0. The van der Waals surface area contributed by atoms with Crippen molar-refractivity contribution < 1.29 is 8.78 Å². The van der Waals surface area contributed by atoms with Gasteiger partial charge in [-0.1, -0.05) is 29.5 Å². The molecular weight excluding hydrogens is 286 g/mol. The molecule has 0 amide bonds. The molecule has 2 aromatic carbocycles. The Morgan fingerprint density at radius 1 is 1.05 bits per heavy atom. The molecule has 1 aromatic heterocycles. The first kappa shape index (κ1) is 13.9. The average molecular weight is 296 g/mol. The highest BCUT2D eigenvalue weighted by molar-refractivity contribution is 5.64. The van der Waals surface area contributed by atoms with Crippen molar-refractivity contribution in [1.29, 1.82) is 5.26 Å². The Morgan fingerprint density at radius 2 is 1.86 bits per heavy atom. The average Bonchev–Trinajstić information content (AvgIpc) is 3.00. The van der Waals surface area contributed by atoms with Crippen molar-refractivity contribution in [2.24, 2.45) is 0 Å². The summed E-state index contributed by atoms with van der Waals surface area (Å²) < 4.78 is 26.2. The summed E-state index contributed by atoms with van der Waals surface area (Å²) in [4.78, 5) is 0. The van der Waals surface area contributed by atoms with Gasteiger partial charge in [-0.15, -0.1) is 5.10 Å². The Kier molecular flexibility index (Phi) is 3.62. The number of nitriles is 1. The summed E-state index contributed by atoms with van der Waals surface area (Å²) in [5.74, 6) is -1.73. The molecule has 0 unspecified atom stereocenters. The van der Waals surface area contributed by atoms with E-state index in [0.717, 1.165) is 17.2 Å². The molecule has 0 radical (unpaired) electrons. The van der Waals surface area contributed by atoms with E-state index in [9.17, 15) is 8.78 Å². The molecule has 1 heterocycles. The van der Waals surface area contributed by atoms with Crippen LogP contribution in [0.15, 0.2) is 42.5 Å². The number of aromatic amines is 1. The minimum atomic E-state index is -0.864. The fourth-order valence-corrected chi connectivity index (χ4v) is 2.22. The molecule has 0 saturated heterocycles. The molecule has 0 aliphatic heterocycles. The largest absolute Gasteiger partial charge is 0.247 e. The molecule has 0 aliphatic carbocycles. The van der Waals surface area contributed by atoms with Crippen LogP contribution in [-0.2, 0) is 6.42 Å². The molecule has 1 N–H and O–H groups in total. The van der Waals surface area contributed by atoms with E-state index in [1.807, 2.05) is 30.3 Å². The highest BCUT2D eigenvalue weighted by Crippen LogP contribution is 2.22. The van der Waals surface area contributed by atoms with Crippen LogP contribution >= 0.6 is 0 Å². The first-order valence-electron chi connectivity index (χ1n) is 6.52. The SMILES string of the molecule is N#Cc1[nH]nnc1-c1cccc(Cc2ccc(F)c(F)c2)c1. The van der Waals surface area contributed by atoms with Gasteiger partial charge >= 0.3 is 0 Å². The summed E-state index contributed by atoms with van der Waals surface area (Å²) >= 11 is 0. The fourth-order valence-electron chi connectivity index (χ4n) is 2.22. The van der Waals surface area contributed by atoms with Crippen LogP contribution in [0.3, 0.4) is 0 Å². The highest BCUT2D eigenvalue weighted by atomic mass is 19.2. The maximum atomic E-state index is 13.2. The lowest BCUT2D eigenvalue weighted by atomic mass is 10.0. The molecule has 0 aliphatic rings. The van der Waals surface area contributed by atoms with E-state index < -0.39 is 11.6 Å². The van der Waals surface area contributed by atoms with Gasteiger partial charge in [0.25, 0.3) is 0 Å². The lowest BCUT2D eigenvalue weighted by molar-refractivity contribution is 0.507. The van der Waals surface area contributed by atoms with E-state index in [-0.39, 0.29) is 5.69 Å². The van der Waals surface area contributed by atoms with Crippen LogP contribution in [0.25, 0.3) is 11.3 Å². The third kappa shape index (κ3) is 2.69. The van der Waals surface area contributed by atoms with Crippen molar-refractivity contribution in [2.45, 2.75) is 6.42 Å². The number of hydrogen-bond acceptors (Lipinski definition) is 3. The molecule has 0 spiro atoms. The zero-order valence-electron chi connectivity index (χ0n) is 11.3. The quantitative estimate of drug-likeness (QED) is 0.807. The van der Waals surface area contributed by atoms with Gasteiger partial charge in [0.2, 0.25) is 0 Å². The molecule has 108 valence electrons. The van der Waals surface area contributed by atoms with Gasteiger partial charge in [-0.25, -0.2) is 13.9 Å². The van der Waals surface area contributed by atoms with Crippen molar-refractivity contribution in [3.63, 3.8) is 0 Å². The lowest BCUT2D eigenvalue weighted by Crippen LogP contribution is -1.92. The zero-order valence-corrected chi connectivity index (χ0v) is 11.3. The van der Waals surface area contributed by atoms with Gasteiger partial charge in [0.1, 0.15) is 11.8 Å². The summed E-state index contributed by atoms with van der Waals surface area (Å²) in [5.41, 5.74) is 3.05. The Balaban J connectivity index is 1.91. The van der Waals surface area contributed by atoms with Crippen molar-refractivity contribution in [3.05, 3.63) is 70.9 Å². The molecular formula is C16H10F2N4. The standard InChI is InChI=1S/C16H10F2N4/c17-13-5-4-11(8-14(13)18)6-10-2-1-3-12(7-10)16-15(9-19)20-22-21-16/h1-5,7-8H,6H2,(H,20,21,22). The van der Waals surface area contributed by atoms with E-state index in [0.29, 0.717) is 17.7 Å². The van der Waals surface area contributed by atoms with E-state index in [1.165, 1.54) is 6.07 Å². The summed E-state index contributed by atoms with van der Waals surface area (Å²) in [6.07, 6.45) is 0.449. The van der Waals surface area contributed by atoms with Crippen LogP contribution in [-0.4, -0.2) is 15.4 Å². The predicted molar refractivity (Wildman–Crippen MR) is 75.7 cm³/mol. The van der Waals surface area contributed by atoms with Crippen LogP contribution in [0.5, 0.6) is 0 Å². The summed E-state index contributed by atoms with van der Waals surface area (Å²) in [6, 6.07) is 13.2. The molecule has 4 nitrogen and oxygen atoms in total. The first-order valence-corrected chi connectivity index (χ1v) is 6.52. The molecule has 3 rings (SSSR count). The molecule has 0 bridgehead atoms. The molecule has 0 saturated carbocycles. The first-order chi connectivity index (χ1) is 10.7. The molecule has 0 fully saturated rings. The fraction of sp³-hybridized carbons (Fsp3) is 0.0625. The van der Waals surface area contributed by atoms with E-state index in [4.69, 9.17) is 5.26 Å². The van der Waals surface area contributed by atoms with Crippen molar-refractivity contribution in [2.75, 3.05) is 0 Å². The third-order valence-electron chi connectivity index (χ3n) is 3.25. The zero-order chi connectivity index (χ0) is 15.5. The number of nitrogens with zero attached hydrogens (tertiary/aromatic N) is 3. The predicted octanol–water partition coefficient (Wildman–Crippen LogP) is 3.21. The number of H-pyrrole nitrogens is 1. The van der Waals surface area contributed by atoms with E-state index >= 15 is 0 Å². The van der Waals surface area contributed by atoms with Gasteiger partial charge in [0, 0.05) is 5.56 Å². The Hall–Kier alpha value is -3.07. The van der Waals surface area contributed by atoms with Crippen molar-refractivity contribution >= 4 is 0 Å². The highest BCUT2D eigenvalue weighted by Gasteiger charge is 2.10.